The second-order valence-corrected chi connectivity index (χ2v) is 2.54. The number of rotatable bonds is 3. The Balaban J connectivity index is 2.58. The summed E-state index contributed by atoms with van der Waals surface area (Å²) in [6, 6.07) is 1.10. The average molecular weight is 167 g/mol. The Morgan fingerprint density at radius 2 is 2.50 bits per heavy atom. The molecular weight excluding hydrogens is 158 g/mol. The van der Waals surface area contributed by atoms with E-state index >= 15 is 0 Å². The fraction of sp³-hybridized carbons (Fsp3) is 0.429. The van der Waals surface area contributed by atoms with Gasteiger partial charge in [-0.05, 0) is 6.07 Å². The average Bonchev–Trinajstić information content (AvgIpc) is 2.06. The largest absolute Gasteiger partial charge is 0.264 e. The summed E-state index contributed by atoms with van der Waals surface area (Å²) in [7, 11) is 0. The summed E-state index contributed by atoms with van der Waals surface area (Å²) in [6.45, 7) is 1.56. The van der Waals surface area contributed by atoms with E-state index in [2.05, 4.69) is 9.97 Å². The minimum atomic E-state index is -0.583. The van der Waals surface area contributed by atoms with Crippen LogP contribution >= 0.6 is 0 Å². The molecule has 0 spiro atoms. The molecule has 0 radical (unpaired) electrons. The van der Waals surface area contributed by atoms with Crippen LogP contribution in [-0.2, 0) is 6.42 Å². The van der Waals surface area contributed by atoms with Gasteiger partial charge in [0.2, 0.25) is 6.04 Å². The van der Waals surface area contributed by atoms with Crippen molar-refractivity contribution >= 4 is 0 Å². The second kappa shape index (κ2) is 3.75. The molecule has 0 saturated carbocycles. The Bertz CT molecular complexity index is 263. The van der Waals surface area contributed by atoms with Crippen molar-refractivity contribution in [2.45, 2.75) is 19.4 Å². The van der Waals surface area contributed by atoms with Gasteiger partial charge >= 0.3 is 0 Å². The lowest BCUT2D eigenvalue weighted by Gasteiger charge is -2.01. The van der Waals surface area contributed by atoms with Crippen LogP contribution in [-0.4, -0.2) is 20.9 Å². The van der Waals surface area contributed by atoms with E-state index in [0.717, 1.165) is 0 Å². The third kappa shape index (κ3) is 2.26. The molecule has 5 nitrogen and oxygen atoms in total. The molecule has 0 aliphatic carbocycles. The van der Waals surface area contributed by atoms with Crippen LogP contribution in [0.2, 0.25) is 0 Å². The van der Waals surface area contributed by atoms with Gasteiger partial charge in [-0.3, -0.25) is 10.1 Å². The predicted molar refractivity (Wildman–Crippen MR) is 42.2 cm³/mol. The molecule has 1 aromatic heterocycles. The molecule has 0 bridgehead atoms. The smallest absolute Gasteiger partial charge is 0.215 e. The van der Waals surface area contributed by atoms with Crippen molar-refractivity contribution < 1.29 is 4.92 Å². The first kappa shape index (κ1) is 8.58. The molecule has 0 aliphatic rings. The molecule has 0 N–H and O–H groups in total. The zero-order valence-electron chi connectivity index (χ0n) is 6.67. The van der Waals surface area contributed by atoms with E-state index in [1.54, 1.807) is 19.2 Å². The maximum absolute atomic E-state index is 10.3. The van der Waals surface area contributed by atoms with Crippen molar-refractivity contribution in [3.8, 4) is 0 Å². The lowest BCUT2D eigenvalue weighted by molar-refractivity contribution is -0.517. The molecule has 0 fully saturated rings. The first-order valence-electron chi connectivity index (χ1n) is 3.58. The number of nitrogens with zero attached hydrogens (tertiary/aromatic N) is 3. The number of nitro groups is 1. The minimum Gasteiger partial charge on any atom is -0.264 e. The first-order chi connectivity index (χ1) is 5.70. The van der Waals surface area contributed by atoms with Gasteiger partial charge < -0.3 is 0 Å². The number of hydrogen-bond donors (Lipinski definition) is 0. The van der Waals surface area contributed by atoms with Crippen LogP contribution < -0.4 is 0 Å². The van der Waals surface area contributed by atoms with Gasteiger partial charge in [0.15, 0.2) is 0 Å². The number of aromatic nitrogens is 2. The van der Waals surface area contributed by atoms with Crippen LogP contribution in [0.15, 0.2) is 18.6 Å². The normalized spacial score (nSPS) is 12.4. The fourth-order valence-corrected chi connectivity index (χ4v) is 0.816. The van der Waals surface area contributed by atoms with Gasteiger partial charge in [0, 0.05) is 18.0 Å². The quantitative estimate of drug-likeness (QED) is 0.490. The van der Waals surface area contributed by atoms with Crippen LogP contribution in [0, 0.1) is 10.1 Å². The highest BCUT2D eigenvalue weighted by atomic mass is 16.6. The van der Waals surface area contributed by atoms with Crippen LogP contribution in [0.25, 0.3) is 0 Å². The summed E-state index contributed by atoms with van der Waals surface area (Å²) in [5, 5.41) is 10.3. The van der Waals surface area contributed by atoms with Gasteiger partial charge in [-0.1, -0.05) is 0 Å². The van der Waals surface area contributed by atoms with Crippen LogP contribution in [0.3, 0.4) is 0 Å². The van der Waals surface area contributed by atoms with Crippen LogP contribution in [0.4, 0.5) is 0 Å². The second-order valence-electron chi connectivity index (χ2n) is 2.54. The van der Waals surface area contributed by atoms with Gasteiger partial charge in [0.1, 0.15) is 6.33 Å². The summed E-state index contributed by atoms with van der Waals surface area (Å²) in [4.78, 5) is 17.6. The van der Waals surface area contributed by atoms with Crippen molar-refractivity contribution in [3.05, 3.63) is 34.4 Å². The molecule has 0 amide bonds. The summed E-state index contributed by atoms with van der Waals surface area (Å²) in [5.41, 5.74) is 0.703. The van der Waals surface area contributed by atoms with Gasteiger partial charge in [-0.2, -0.15) is 0 Å². The monoisotopic (exact) mass is 167 g/mol. The van der Waals surface area contributed by atoms with Gasteiger partial charge in [-0.15, -0.1) is 0 Å². The van der Waals surface area contributed by atoms with Gasteiger partial charge in [0.05, 0.1) is 12.1 Å². The van der Waals surface area contributed by atoms with Crippen molar-refractivity contribution in [2.24, 2.45) is 0 Å². The molecule has 1 rings (SSSR count). The van der Waals surface area contributed by atoms with Crippen molar-refractivity contribution in [1.29, 1.82) is 0 Å². The lowest BCUT2D eigenvalue weighted by atomic mass is 10.2. The Morgan fingerprint density at radius 1 is 1.75 bits per heavy atom. The topological polar surface area (TPSA) is 68.9 Å². The van der Waals surface area contributed by atoms with E-state index in [1.165, 1.54) is 6.33 Å². The Hall–Kier alpha value is -1.52. The number of hydrogen-bond acceptors (Lipinski definition) is 4. The molecule has 1 aromatic rings. The predicted octanol–water partition coefficient (Wildman–Crippen LogP) is 0.684. The molecule has 0 aliphatic heterocycles. The molecule has 1 heterocycles. The maximum atomic E-state index is 10.3. The molecule has 5 heteroatoms. The van der Waals surface area contributed by atoms with E-state index in [9.17, 15) is 10.1 Å². The van der Waals surface area contributed by atoms with E-state index in [-0.39, 0.29) is 4.92 Å². The van der Waals surface area contributed by atoms with Crippen LogP contribution in [0.5, 0.6) is 0 Å². The molecule has 1 unspecified atom stereocenters. The molecule has 0 saturated heterocycles. The van der Waals surface area contributed by atoms with E-state index < -0.39 is 6.04 Å². The van der Waals surface area contributed by atoms with Crippen LogP contribution in [0.1, 0.15) is 12.6 Å². The first-order valence-corrected chi connectivity index (χ1v) is 3.58. The zero-order chi connectivity index (χ0) is 8.97. The molecule has 0 aromatic carbocycles. The maximum Gasteiger partial charge on any atom is 0.215 e. The minimum absolute atomic E-state index is 0.317. The third-order valence-corrected chi connectivity index (χ3v) is 1.51. The summed E-state index contributed by atoms with van der Waals surface area (Å²) < 4.78 is 0. The SMILES string of the molecule is CC(Cc1ccncn1)[N+](=O)[O-]. The summed E-state index contributed by atoms with van der Waals surface area (Å²) in [6.07, 6.45) is 3.33. The summed E-state index contributed by atoms with van der Waals surface area (Å²) >= 11 is 0. The van der Waals surface area contributed by atoms with Gasteiger partial charge in [0.25, 0.3) is 0 Å². The highest BCUT2D eigenvalue weighted by Crippen LogP contribution is 1.99. The van der Waals surface area contributed by atoms with E-state index in [0.29, 0.717) is 12.1 Å². The van der Waals surface area contributed by atoms with E-state index in [4.69, 9.17) is 0 Å². The summed E-state index contributed by atoms with van der Waals surface area (Å²) in [5.74, 6) is 0. The van der Waals surface area contributed by atoms with Crippen molar-refractivity contribution in [1.82, 2.24) is 9.97 Å². The Morgan fingerprint density at radius 3 is 3.00 bits per heavy atom. The third-order valence-electron chi connectivity index (χ3n) is 1.51. The molecule has 12 heavy (non-hydrogen) atoms. The lowest BCUT2D eigenvalue weighted by Crippen LogP contribution is -2.18. The zero-order valence-corrected chi connectivity index (χ0v) is 6.67. The van der Waals surface area contributed by atoms with E-state index in [1.807, 2.05) is 0 Å². The Labute approximate surface area is 69.6 Å². The van der Waals surface area contributed by atoms with Crippen molar-refractivity contribution in [2.75, 3.05) is 0 Å². The van der Waals surface area contributed by atoms with Crippen molar-refractivity contribution in [3.63, 3.8) is 0 Å². The molecular formula is C7H9N3O2. The molecule has 64 valence electrons. The standard InChI is InChI=1S/C7H9N3O2/c1-6(10(11)12)4-7-2-3-8-5-9-7/h2-3,5-6H,4H2,1H3. The fourth-order valence-electron chi connectivity index (χ4n) is 0.816. The molecule has 1 atom stereocenters. The van der Waals surface area contributed by atoms with Gasteiger partial charge in [-0.25, -0.2) is 9.97 Å². The highest BCUT2D eigenvalue weighted by molar-refractivity contribution is 4.98. The highest BCUT2D eigenvalue weighted by Gasteiger charge is 2.13. The Kier molecular flexibility index (Phi) is 2.68.